The summed E-state index contributed by atoms with van der Waals surface area (Å²) in [5.74, 6) is -1.84. The van der Waals surface area contributed by atoms with Gasteiger partial charge in [0, 0.05) is 6.07 Å². The fourth-order valence-corrected chi connectivity index (χ4v) is 2.13. The topological polar surface area (TPSA) is 140 Å². The van der Waals surface area contributed by atoms with Crippen molar-refractivity contribution in [1.82, 2.24) is 9.71 Å². The van der Waals surface area contributed by atoms with E-state index in [2.05, 4.69) is 4.98 Å². The Kier molecular flexibility index (Phi) is 3.93. The van der Waals surface area contributed by atoms with Crippen molar-refractivity contribution in [1.29, 1.82) is 0 Å². The fraction of sp³-hybridized carbons (Fsp3) is 0.250. The van der Waals surface area contributed by atoms with Crippen LogP contribution in [-0.4, -0.2) is 35.4 Å². The van der Waals surface area contributed by atoms with E-state index in [9.17, 15) is 23.3 Å². The summed E-state index contributed by atoms with van der Waals surface area (Å²) in [6.07, 6.45) is 0.787. The van der Waals surface area contributed by atoms with Crippen LogP contribution in [0.15, 0.2) is 23.2 Å². The average molecular weight is 275 g/mol. The molecular weight excluding hydrogens is 266 g/mol. The van der Waals surface area contributed by atoms with E-state index in [1.807, 2.05) is 4.72 Å². The van der Waals surface area contributed by atoms with Crippen molar-refractivity contribution in [2.75, 3.05) is 0 Å². The number of hydrogen-bond donors (Lipinski definition) is 2. The van der Waals surface area contributed by atoms with E-state index in [1.165, 1.54) is 0 Å². The number of nitrogens with one attached hydrogen (secondary N) is 1. The number of carboxylic acid groups (broad SMARTS) is 1. The van der Waals surface area contributed by atoms with Crippen molar-refractivity contribution < 1.29 is 23.2 Å². The Balaban J connectivity index is 2.99. The molecule has 0 saturated carbocycles. The molecule has 0 aliphatic heterocycles. The minimum Gasteiger partial charge on any atom is -0.480 e. The van der Waals surface area contributed by atoms with E-state index >= 15 is 0 Å². The largest absolute Gasteiger partial charge is 0.480 e. The second kappa shape index (κ2) is 5.06. The van der Waals surface area contributed by atoms with Gasteiger partial charge >= 0.3 is 11.8 Å². The fourth-order valence-electron chi connectivity index (χ4n) is 0.991. The van der Waals surface area contributed by atoms with Crippen molar-refractivity contribution in [2.24, 2.45) is 0 Å². The third kappa shape index (κ3) is 3.21. The summed E-state index contributed by atoms with van der Waals surface area (Å²) >= 11 is 0. The van der Waals surface area contributed by atoms with Gasteiger partial charge in [-0.05, 0) is 22.9 Å². The van der Waals surface area contributed by atoms with Crippen LogP contribution in [0.4, 0.5) is 5.82 Å². The van der Waals surface area contributed by atoms with Crippen molar-refractivity contribution >= 4 is 21.8 Å². The molecule has 1 heterocycles. The molecule has 0 aromatic carbocycles. The lowest BCUT2D eigenvalue weighted by Crippen LogP contribution is -2.38. The molecule has 18 heavy (non-hydrogen) atoms. The molecule has 98 valence electrons. The first-order valence-electron chi connectivity index (χ1n) is 4.59. The van der Waals surface area contributed by atoms with E-state index in [4.69, 9.17) is 5.11 Å². The summed E-state index contributed by atoms with van der Waals surface area (Å²) in [5.41, 5.74) is 0. The zero-order valence-electron chi connectivity index (χ0n) is 9.10. The first-order valence-corrected chi connectivity index (χ1v) is 6.08. The summed E-state index contributed by atoms with van der Waals surface area (Å²) in [7, 11) is -4.06. The lowest BCUT2D eigenvalue weighted by Gasteiger charge is -2.08. The van der Waals surface area contributed by atoms with Gasteiger partial charge in [0.1, 0.15) is 10.9 Å². The molecule has 2 N–H and O–H groups in total. The van der Waals surface area contributed by atoms with Gasteiger partial charge in [0.15, 0.2) is 6.20 Å². The Morgan fingerprint density at radius 3 is 2.56 bits per heavy atom. The van der Waals surface area contributed by atoms with Gasteiger partial charge in [-0.2, -0.15) is 4.72 Å². The molecule has 1 unspecified atom stereocenters. The minimum absolute atomic E-state index is 0.346. The summed E-state index contributed by atoms with van der Waals surface area (Å²) < 4.78 is 25.2. The zero-order valence-corrected chi connectivity index (χ0v) is 9.92. The van der Waals surface area contributed by atoms with Crippen LogP contribution in [0.3, 0.4) is 0 Å². The van der Waals surface area contributed by atoms with Crippen LogP contribution in [0.1, 0.15) is 6.92 Å². The Hall–Kier alpha value is -2.07. The summed E-state index contributed by atoms with van der Waals surface area (Å²) in [5, 5.41) is 18.9. The van der Waals surface area contributed by atoms with Crippen LogP contribution >= 0.6 is 0 Å². The Bertz CT molecular complexity index is 567. The van der Waals surface area contributed by atoms with Crippen LogP contribution in [-0.2, 0) is 14.8 Å². The molecule has 9 nitrogen and oxygen atoms in total. The first-order chi connectivity index (χ1) is 8.24. The number of sulfonamides is 1. The monoisotopic (exact) mass is 275 g/mol. The van der Waals surface area contributed by atoms with Crippen molar-refractivity contribution in [3.8, 4) is 0 Å². The molecule has 10 heteroatoms. The Morgan fingerprint density at radius 1 is 1.56 bits per heavy atom. The van der Waals surface area contributed by atoms with E-state index in [-0.39, 0.29) is 4.90 Å². The predicted molar refractivity (Wildman–Crippen MR) is 58.3 cm³/mol. The van der Waals surface area contributed by atoms with Crippen LogP contribution in [0.5, 0.6) is 0 Å². The minimum atomic E-state index is -4.06. The van der Waals surface area contributed by atoms with Crippen molar-refractivity contribution in [3.63, 3.8) is 0 Å². The van der Waals surface area contributed by atoms with Gasteiger partial charge in [-0.1, -0.05) is 0 Å². The molecule has 1 aromatic heterocycles. The lowest BCUT2D eigenvalue weighted by molar-refractivity contribution is -0.389. The number of pyridine rings is 1. The van der Waals surface area contributed by atoms with Crippen molar-refractivity contribution in [3.05, 3.63) is 28.4 Å². The number of nitrogens with zero attached hydrogens (tertiary/aromatic N) is 2. The van der Waals surface area contributed by atoms with Crippen LogP contribution in [0.25, 0.3) is 0 Å². The standard InChI is InChI=1S/C8H9N3O6S/c1-5(8(12)13)10-18(16,17)6-2-3-7(9-4-6)11(14)15/h2-5,10H,1H3,(H,12,13). The number of hydrogen-bond acceptors (Lipinski definition) is 6. The number of aliphatic carboxylic acids is 1. The molecule has 1 atom stereocenters. The summed E-state index contributed by atoms with van der Waals surface area (Å²) in [4.78, 5) is 23.1. The van der Waals surface area contributed by atoms with Gasteiger partial charge < -0.3 is 15.2 Å². The summed E-state index contributed by atoms with van der Waals surface area (Å²) in [6, 6.07) is 0.576. The zero-order chi connectivity index (χ0) is 13.9. The summed E-state index contributed by atoms with van der Waals surface area (Å²) in [6.45, 7) is 1.15. The average Bonchev–Trinajstić information content (AvgIpc) is 2.28. The molecule has 0 amide bonds. The van der Waals surface area contributed by atoms with Crippen molar-refractivity contribution in [2.45, 2.75) is 17.9 Å². The highest BCUT2D eigenvalue weighted by Gasteiger charge is 2.23. The molecule has 0 bridgehead atoms. The van der Waals surface area contributed by atoms with E-state index in [0.717, 1.165) is 25.3 Å². The van der Waals surface area contributed by atoms with E-state index in [0.29, 0.717) is 0 Å². The maximum absolute atomic E-state index is 11.6. The molecule has 0 radical (unpaired) electrons. The van der Waals surface area contributed by atoms with Gasteiger partial charge in [0.25, 0.3) is 0 Å². The maximum Gasteiger partial charge on any atom is 0.363 e. The molecule has 0 saturated heterocycles. The molecule has 0 fully saturated rings. The number of rotatable bonds is 5. The van der Waals surface area contributed by atoms with Gasteiger partial charge in [0.05, 0.1) is 0 Å². The number of nitro groups is 1. The molecule has 0 spiro atoms. The Labute approximate surface area is 102 Å². The number of aromatic nitrogens is 1. The molecule has 0 aliphatic carbocycles. The van der Waals surface area contributed by atoms with E-state index in [1.54, 1.807) is 0 Å². The maximum atomic E-state index is 11.6. The third-order valence-electron chi connectivity index (χ3n) is 1.92. The molecular formula is C8H9N3O6S. The van der Waals surface area contributed by atoms with Crippen LogP contribution in [0.2, 0.25) is 0 Å². The van der Waals surface area contributed by atoms with Gasteiger partial charge in [-0.3, -0.25) is 4.79 Å². The van der Waals surface area contributed by atoms with Gasteiger partial charge in [-0.15, -0.1) is 0 Å². The number of carboxylic acids is 1. The quantitative estimate of drug-likeness (QED) is 0.557. The van der Waals surface area contributed by atoms with Gasteiger partial charge in [-0.25, -0.2) is 8.42 Å². The first kappa shape index (κ1) is 14.0. The lowest BCUT2D eigenvalue weighted by atomic mass is 10.4. The highest BCUT2D eigenvalue weighted by Crippen LogP contribution is 2.12. The highest BCUT2D eigenvalue weighted by atomic mass is 32.2. The van der Waals surface area contributed by atoms with Crippen LogP contribution in [0, 0.1) is 10.1 Å². The van der Waals surface area contributed by atoms with Crippen LogP contribution < -0.4 is 4.72 Å². The van der Waals surface area contributed by atoms with Gasteiger partial charge in [0.2, 0.25) is 10.0 Å². The second-order valence-electron chi connectivity index (χ2n) is 3.29. The third-order valence-corrected chi connectivity index (χ3v) is 3.45. The van der Waals surface area contributed by atoms with E-state index < -0.39 is 32.8 Å². The molecule has 0 aliphatic rings. The molecule has 1 rings (SSSR count). The Morgan fingerprint density at radius 2 is 2.17 bits per heavy atom. The number of carbonyl (C=O) groups is 1. The predicted octanol–water partition coefficient (Wildman–Crippen LogP) is -0.259. The molecule has 1 aromatic rings. The smallest absolute Gasteiger partial charge is 0.363 e. The normalized spacial score (nSPS) is 12.9. The second-order valence-corrected chi connectivity index (χ2v) is 5.00. The SMILES string of the molecule is CC(NS(=O)(=O)c1ccc([N+](=O)[O-])nc1)C(=O)O. The highest BCUT2D eigenvalue weighted by molar-refractivity contribution is 7.89.